The van der Waals surface area contributed by atoms with Gasteiger partial charge in [-0.15, -0.1) is 0 Å². The van der Waals surface area contributed by atoms with Gasteiger partial charge in [-0.3, -0.25) is 4.90 Å². The van der Waals surface area contributed by atoms with E-state index in [9.17, 15) is 4.39 Å². The van der Waals surface area contributed by atoms with E-state index in [1.165, 1.54) is 0 Å². The Kier molecular flexibility index (Phi) is 5.42. The smallest absolute Gasteiger partial charge is 0.119 e. The summed E-state index contributed by atoms with van der Waals surface area (Å²) < 4.78 is 12.6. The largest absolute Gasteiger partial charge is 0.395 e. The van der Waals surface area contributed by atoms with E-state index in [1.54, 1.807) is 0 Å². The number of likely N-dealkylation sites (tertiary alicyclic amines) is 1. The summed E-state index contributed by atoms with van der Waals surface area (Å²) in [6.07, 6.45) is -0.248. The zero-order valence-electron chi connectivity index (χ0n) is 7.55. The Morgan fingerprint density at radius 1 is 1.55 bits per heavy atom. The lowest BCUT2D eigenvalue weighted by Crippen LogP contribution is -2.33. The van der Waals surface area contributed by atoms with Crippen LogP contribution in [0.25, 0.3) is 0 Å². The van der Waals surface area contributed by atoms with E-state index < -0.39 is 6.17 Å². The lowest BCUT2D eigenvalue weighted by atomic mass is 10.2. The van der Waals surface area contributed by atoms with Crippen molar-refractivity contribution in [3.63, 3.8) is 0 Å². The molecule has 0 bridgehead atoms. The van der Waals surface area contributed by atoms with Crippen molar-refractivity contribution in [1.29, 1.82) is 0 Å². The van der Waals surface area contributed by atoms with Crippen LogP contribution < -0.4 is 0 Å². The van der Waals surface area contributed by atoms with Gasteiger partial charge in [-0.2, -0.15) is 0 Å². The van der Waals surface area contributed by atoms with Gasteiger partial charge in [-0.1, -0.05) is 13.8 Å². The normalized spacial score (nSPS) is 31.4. The zero-order valence-corrected chi connectivity index (χ0v) is 7.55. The third kappa shape index (κ3) is 2.75. The van der Waals surface area contributed by atoms with Gasteiger partial charge in [0, 0.05) is 6.54 Å². The number of nitrogens with zero attached hydrogens (tertiary/aromatic N) is 1. The topological polar surface area (TPSA) is 23.5 Å². The minimum atomic E-state index is -0.819. The van der Waals surface area contributed by atoms with Gasteiger partial charge < -0.3 is 5.11 Å². The Balaban J connectivity index is 0.000000461. The minimum Gasteiger partial charge on any atom is -0.395 e. The quantitative estimate of drug-likeness (QED) is 0.624. The van der Waals surface area contributed by atoms with E-state index in [0.717, 1.165) is 6.54 Å². The predicted molar refractivity (Wildman–Crippen MR) is 44.4 cm³/mol. The molecule has 0 spiro atoms. The molecule has 0 radical (unpaired) electrons. The van der Waals surface area contributed by atoms with E-state index in [-0.39, 0.29) is 12.6 Å². The van der Waals surface area contributed by atoms with Gasteiger partial charge in [0.05, 0.1) is 12.6 Å². The number of alkyl halides is 1. The van der Waals surface area contributed by atoms with E-state index >= 15 is 0 Å². The fraction of sp³-hybridized carbons (Fsp3) is 1.00. The molecule has 1 saturated heterocycles. The molecule has 68 valence electrons. The second-order valence-corrected chi connectivity index (χ2v) is 2.54. The Bertz CT molecular complexity index is 90.1. The van der Waals surface area contributed by atoms with Crippen LogP contribution in [-0.4, -0.2) is 42.4 Å². The fourth-order valence-corrected chi connectivity index (χ4v) is 1.22. The molecule has 0 aromatic heterocycles. The summed E-state index contributed by atoms with van der Waals surface area (Å²) in [5.74, 6) is 0. The van der Waals surface area contributed by atoms with Gasteiger partial charge in [0.2, 0.25) is 0 Å². The van der Waals surface area contributed by atoms with Crippen molar-refractivity contribution < 1.29 is 9.50 Å². The van der Waals surface area contributed by atoms with Crippen LogP contribution in [-0.2, 0) is 0 Å². The Labute approximate surface area is 68.0 Å². The third-order valence-electron chi connectivity index (χ3n) is 1.93. The monoisotopic (exact) mass is 163 g/mol. The summed E-state index contributed by atoms with van der Waals surface area (Å²) in [7, 11) is 1.83. The first-order chi connectivity index (χ1) is 5.25. The molecule has 1 heterocycles. The molecule has 1 rings (SSSR count). The molecule has 0 saturated carbocycles. The summed E-state index contributed by atoms with van der Waals surface area (Å²) in [6, 6.07) is -0.245. The van der Waals surface area contributed by atoms with Gasteiger partial charge in [0.15, 0.2) is 0 Å². The average Bonchev–Trinajstić information content (AvgIpc) is 2.35. The summed E-state index contributed by atoms with van der Waals surface area (Å²) in [4.78, 5) is 1.85. The van der Waals surface area contributed by atoms with Crippen molar-refractivity contribution in [3.05, 3.63) is 0 Å². The third-order valence-corrected chi connectivity index (χ3v) is 1.93. The molecular formula is C8H18FNO. The lowest BCUT2D eigenvalue weighted by molar-refractivity contribution is 0.135. The zero-order chi connectivity index (χ0) is 8.85. The lowest BCUT2D eigenvalue weighted by Gasteiger charge is -2.17. The summed E-state index contributed by atoms with van der Waals surface area (Å²) in [5, 5.41) is 8.63. The van der Waals surface area contributed by atoms with E-state index in [0.29, 0.717) is 6.42 Å². The molecule has 2 atom stereocenters. The summed E-state index contributed by atoms with van der Waals surface area (Å²) in [5.41, 5.74) is 0. The molecule has 1 aliphatic heterocycles. The molecule has 0 aromatic carbocycles. The van der Waals surface area contributed by atoms with E-state index in [4.69, 9.17) is 5.11 Å². The first-order valence-electron chi connectivity index (χ1n) is 4.21. The van der Waals surface area contributed by atoms with Gasteiger partial charge in [-0.05, 0) is 13.5 Å². The SMILES string of the molecule is CC.CN1CCC(F)[C@H]1CO. The summed E-state index contributed by atoms with van der Waals surface area (Å²) >= 11 is 0. The molecule has 0 aromatic rings. The van der Waals surface area contributed by atoms with Crippen molar-refractivity contribution in [2.75, 3.05) is 20.2 Å². The molecule has 0 amide bonds. The maximum Gasteiger partial charge on any atom is 0.119 e. The van der Waals surface area contributed by atoms with Crippen LogP contribution in [0, 0.1) is 0 Å². The van der Waals surface area contributed by atoms with Crippen LogP contribution >= 0.6 is 0 Å². The molecule has 1 aliphatic rings. The highest BCUT2D eigenvalue weighted by Crippen LogP contribution is 2.17. The molecule has 3 heteroatoms. The Morgan fingerprint density at radius 2 is 2.09 bits per heavy atom. The summed E-state index contributed by atoms with van der Waals surface area (Å²) in [6.45, 7) is 4.71. The van der Waals surface area contributed by atoms with Gasteiger partial charge in [0.1, 0.15) is 6.17 Å². The minimum absolute atomic E-state index is 0.0579. The van der Waals surface area contributed by atoms with E-state index in [1.807, 2.05) is 25.8 Å². The fourth-order valence-electron chi connectivity index (χ4n) is 1.22. The van der Waals surface area contributed by atoms with Gasteiger partial charge >= 0.3 is 0 Å². The molecule has 2 nitrogen and oxygen atoms in total. The van der Waals surface area contributed by atoms with Crippen molar-refractivity contribution in [2.45, 2.75) is 32.5 Å². The van der Waals surface area contributed by atoms with Crippen LogP contribution in [0.1, 0.15) is 20.3 Å². The second kappa shape index (κ2) is 5.49. The number of hydrogen-bond donors (Lipinski definition) is 1. The van der Waals surface area contributed by atoms with Gasteiger partial charge in [0.25, 0.3) is 0 Å². The Hall–Kier alpha value is -0.150. The average molecular weight is 163 g/mol. The number of aliphatic hydroxyl groups is 1. The molecular weight excluding hydrogens is 145 g/mol. The predicted octanol–water partition coefficient (Wildman–Crippen LogP) is 1.05. The van der Waals surface area contributed by atoms with Crippen LogP contribution in [0.15, 0.2) is 0 Å². The van der Waals surface area contributed by atoms with Crippen LogP contribution in [0.3, 0.4) is 0 Å². The number of aliphatic hydroxyl groups excluding tert-OH is 1. The van der Waals surface area contributed by atoms with E-state index in [2.05, 4.69) is 0 Å². The maximum absolute atomic E-state index is 12.6. The van der Waals surface area contributed by atoms with Crippen LogP contribution in [0.4, 0.5) is 4.39 Å². The standard InChI is InChI=1S/C6H12FNO.C2H6/c1-8-3-2-5(7)6(8)4-9;1-2/h5-6,9H,2-4H2,1H3;1-2H3/t5?,6-;/m1./s1. The van der Waals surface area contributed by atoms with Crippen molar-refractivity contribution in [1.82, 2.24) is 4.90 Å². The highest BCUT2D eigenvalue weighted by atomic mass is 19.1. The molecule has 1 unspecified atom stereocenters. The molecule has 1 N–H and O–H groups in total. The number of likely N-dealkylation sites (N-methyl/N-ethyl adjacent to an activating group) is 1. The number of halogens is 1. The highest BCUT2D eigenvalue weighted by molar-refractivity contribution is 4.84. The first kappa shape index (κ1) is 10.8. The number of rotatable bonds is 1. The molecule has 0 aliphatic carbocycles. The van der Waals surface area contributed by atoms with Crippen molar-refractivity contribution in [3.8, 4) is 0 Å². The molecule has 1 fully saturated rings. The molecule has 11 heavy (non-hydrogen) atoms. The van der Waals surface area contributed by atoms with Crippen molar-refractivity contribution in [2.24, 2.45) is 0 Å². The van der Waals surface area contributed by atoms with Crippen molar-refractivity contribution >= 4 is 0 Å². The number of hydrogen-bond acceptors (Lipinski definition) is 2. The van der Waals surface area contributed by atoms with Gasteiger partial charge in [-0.25, -0.2) is 4.39 Å². The Morgan fingerprint density at radius 3 is 2.27 bits per heavy atom. The first-order valence-corrected chi connectivity index (χ1v) is 4.21. The maximum atomic E-state index is 12.6. The highest BCUT2D eigenvalue weighted by Gasteiger charge is 2.30. The van der Waals surface area contributed by atoms with Crippen LogP contribution in [0.5, 0.6) is 0 Å². The second-order valence-electron chi connectivity index (χ2n) is 2.54. The van der Waals surface area contributed by atoms with Crippen LogP contribution in [0.2, 0.25) is 0 Å².